The SMILES string of the molecule is C=C[C@@H]1C[C@]1(NC(=O)[C@@H]1C[C@@H](Oc2nc3ccccc3nc2-c2cccs2)CN1C(=O)[C@@H](N)C(C)(C)C)C(=O)NS(=O)(=O)C1CC1. The molecule has 3 aromatic rings. The van der Waals surface area contributed by atoms with Crippen molar-refractivity contribution in [1.82, 2.24) is 24.9 Å². The van der Waals surface area contributed by atoms with Crippen LogP contribution in [0.25, 0.3) is 21.6 Å². The van der Waals surface area contributed by atoms with Crippen LogP contribution in [0, 0.1) is 11.3 Å². The normalized spacial score (nSPS) is 25.1. The highest BCUT2D eigenvalue weighted by molar-refractivity contribution is 7.91. The van der Waals surface area contributed by atoms with Crippen LogP contribution in [-0.4, -0.2) is 76.5 Å². The first kappa shape index (κ1) is 32.1. The van der Waals surface area contributed by atoms with Gasteiger partial charge in [-0.2, -0.15) is 0 Å². The summed E-state index contributed by atoms with van der Waals surface area (Å²) < 4.78 is 33.7. The molecule has 1 aromatic carbocycles. The van der Waals surface area contributed by atoms with E-state index >= 15 is 0 Å². The number of hydrogen-bond acceptors (Lipinski definition) is 10. The fraction of sp³-hybridized carbons (Fsp3) is 0.469. The van der Waals surface area contributed by atoms with E-state index in [9.17, 15) is 22.8 Å². The first-order valence-corrected chi connectivity index (χ1v) is 17.7. The van der Waals surface area contributed by atoms with E-state index in [1.807, 2.05) is 62.5 Å². The summed E-state index contributed by atoms with van der Waals surface area (Å²) in [5.41, 5.74) is 6.18. The number of sulfonamides is 1. The van der Waals surface area contributed by atoms with Gasteiger partial charge >= 0.3 is 0 Å². The van der Waals surface area contributed by atoms with Gasteiger partial charge in [0.25, 0.3) is 5.91 Å². The number of hydrogen-bond donors (Lipinski definition) is 3. The molecule has 2 aliphatic carbocycles. The molecule has 3 amide bonds. The van der Waals surface area contributed by atoms with Gasteiger partial charge in [0.2, 0.25) is 27.7 Å². The number of amides is 3. The number of ether oxygens (including phenoxy) is 1. The van der Waals surface area contributed by atoms with Crippen molar-refractivity contribution in [2.24, 2.45) is 17.1 Å². The van der Waals surface area contributed by atoms with E-state index in [1.54, 1.807) is 0 Å². The molecule has 4 N–H and O–H groups in total. The molecule has 0 radical (unpaired) electrons. The van der Waals surface area contributed by atoms with Crippen molar-refractivity contribution in [2.75, 3.05) is 6.54 Å². The predicted molar refractivity (Wildman–Crippen MR) is 174 cm³/mol. The molecule has 6 rings (SSSR count). The number of nitrogens with two attached hydrogens (primary N) is 1. The molecular formula is C32H38N6O6S2. The lowest BCUT2D eigenvalue weighted by atomic mass is 9.86. The number of aromatic nitrogens is 2. The van der Waals surface area contributed by atoms with Crippen LogP contribution in [0.1, 0.15) is 46.5 Å². The molecule has 12 nitrogen and oxygen atoms in total. The van der Waals surface area contributed by atoms with E-state index in [0.29, 0.717) is 29.6 Å². The zero-order chi connectivity index (χ0) is 33.0. The lowest BCUT2D eigenvalue weighted by Crippen LogP contribution is -2.59. The smallest absolute Gasteiger partial charge is 0.259 e. The number of nitrogens with zero attached hydrogens (tertiary/aromatic N) is 3. The van der Waals surface area contributed by atoms with Crippen LogP contribution in [0.3, 0.4) is 0 Å². The van der Waals surface area contributed by atoms with Gasteiger partial charge in [-0.1, -0.05) is 45.0 Å². The Kier molecular flexibility index (Phi) is 8.18. The highest BCUT2D eigenvalue weighted by atomic mass is 32.2. The third-order valence-electron chi connectivity index (χ3n) is 8.87. The Morgan fingerprint density at radius 3 is 2.43 bits per heavy atom. The van der Waals surface area contributed by atoms with Crippen LogP contribution in [0.4, 0.5) is 0 Å². The van der Waals surface area contributed by atoms with E-state index < -0.39 is 68.1 Å². The number of carbonyl (C=O) groups excluding carboxylic acids is 3. The highest BCUT2D eigenvalue weighted by Crippen LogP contribution is 2.45. The second-order valence-corrected chi connectivity index (χ2v) is 16.3. The van der Waals surface area contributed by atoms with Gasteiger partial charge in [-0.3, -0.25) is 19.1 Å². The third kappa shape index (κ3) is 6.13. The molecule has 2 saturated carbocycles. The molecule has 46 heavy (non-hydrogen) atoms. The molecule has 3 aliphatic rings. The molecule has 244 valence electrons. The number of nitrogens with one attached hydrogen (secondary N) is 2. The fourth-order valence-corrected chi connectivity index (χ4v) is 7.81. The molecular weight excluding hydrogens is 629 g/mol. The fourth-order valence-electron chi connectivity index (χ4n) is 5.74. The van der Waals surface area contributed by atoms with Gasteiger partial charge in [0.15, 0.2) is 0 Å². The second-order valence-electron chi connectivity index (χ2n) is 13.4. The average Bonchev–Trinajstić information content (AvgIpc) is 3.88. The molecule has 3 fully saturated rings. The van der Waals surface area contributed by atoms with Crippen LogP contribution in [0.2, 0.25) is 0 Å². The molecule has 1 aliphatic heterocycles. The Morgan fingerprint density at radius 2 is 1.85 bits per heavy atom. The largest absolute Gasteiger partial charge is 0.471 e. The van der Waals surface area contributed by atoms with Crippen molar-refractivity contribution in [1.29, 1.82) is 0 Å². The molecule has 14 heteroatoms. The molecule has 0 bridgehead atoms. The number of rotatable bonds is 10. The summed E-state index contributed by atoms with van der Waals surface area (Å²) >= 11 is 1.49. The zero-order valence-corrected chi connectivity index (χ0v) is 27.6. The van der Waals surface area contributed by atoms with Gasteiger partial charge in [-0.15, -0.1) is 17.9 Å². The van der Waals surface area contributed by atoms with Crippen molar-refractivity contribution < 1.29 is 27.5 Å². The lowest BCUT2D eigenvalue weighted by molar-refractivity contribution is -0.142. The predicted octanol–water partition coefficient (Wildman–Crippen LogP) is 2.75. The Balaban J connectivity index is 1.29. The quantitative estimate of drug-likeness (QED) is 0.275. The Labute approximate surface area is 271 Å². The number of benzene rings is 1. The summed E-state index contributed by atoms with van der Waals surface area (Å²) in [6, 6.07) is 9.28. The first-order valence-electron chi connectivity index (χ1n) is 15.3. The highest BCUT2D eigenvalue weighted by Gasteiger charge is 2.62. The van der Waals surface area contributed by atoms with E-state index in [0.717, 1.165) is 4.88 Å². The molecule has 0 spiro atoms. The van der Waals surface area contributed by atoms with E-state index in [4.69, 9.17) is 20.4 Å². The van der Waals surface area contributed by atoms with Gasteiger partial charge in [0.05, 0.1) is 33.7 Å². The Morgan fingerprint density at radius 1 is 1.15 bits per heavy atom. The van der Waals surface area contributed by atoms with E-state index in [1.165, 1.54) is 22.3 Å². The number of thiophene rings is 1. The number of para-hydroxylation sites is 2. The van der Waals surface area contributed by atoms with Gasteiger partial charge < -0.3 is 20.7 Å². The van der Waals surface area contributed by atoms with Gasteiger partial charge in [0, 0.05) is 12.3 Å². The van der Waals surface area contributed by atoms with Gasteiger partial charge in [0.1, 0.15) is 23.4 Å². The maximum atomic E-state index is 14.0. The topological polar surface area (TPSA) is 174 Å². The van der Waals surface area contributed by atoms with Crippen LogP contribution in [-0.2, 0) is 24.4 Å². The first-order chi connectivity index (χ1) is 21.7. The van der Waals surface area contributed by atoms with Crippen molar-refractivity contribution in [3.63, 3.8) is 0 Å². The maximum absolute atomic E-state index is 14.0. The minimum Gasteiger partial charge on any atom is -0.471 e. The molecule has 5 atom stereocenters. The summed E-state index contributed by atoms with van der Waals surface area (Å²) in [7, 11) is -3.85. The molecule has 0 unspecified atom stereocenters. The summed E-state index contributed by atoms with van der Waals surface area (Å²) in [5, 5.41) is 4.11. The Bertz CT molecular complexity index is 1800. The molecule has 3 heterocycles. The van der Waals surface area contributed by atoms with Crippen LogP contribution in [0.5, 0.6) is 5.88 Å². The van der Waals surface area contributed by atoms with E-state index in [-0.39, 0.29) is 25.3 Å². The number of fused-ring (bicyclic) bond motifs is 1. The van der Waals surface area contributed by atoms with Crippen LogP contribution < -0.4 is 20.5 Å². The summed E-state index contributed by atoms with van der Waals surface area (Å²) in [4.78, 5) is 52.9. The lowest BCUT2D eigenvalue weighted by Gasteiger charge is -2.33. The second kappa shape index (κ2) is 11.7. The standard InChI is InChI=1S/C32H38N6O6S2/c1-5-18-16-32(18,30(41)37-46(42,43)20-12-13-20)36-27(39)23-15-19(17-38(23)29(40)26(33)31(2,3)4)44-28-25(24-11-8-14-45-24)34-21-9-6-7-10-22(21)35-28/h5-11,14,18-20,23,26H,1,12-13,15-17,33H2,2-4H3,(H,36,39)(H,37,41)/t18-,19-,23+,26-,32-/m1/s1. The van der Waals surface area contributed by atoms with Gasteiger partial charge in [-0.05, 0) is 48.3 Å². The number of carbonyl (C=O) groups is 3. The van der Waals surface area contributed by atoms with E-state index in [2.05, 4.69) is 16.6 Å². The van der Waals surface area contributed by atoms with Crippen molar-refractivity contribution in [3.8, 4) is 16.5 Å². The maximum Gasteiger partial charge on any atom is 0.259 e. The van der Waals surface area contributed by atoms with Crippen LogP contribution in [0.15, 0.2) is 54.4 Å². The van der Waals surface area contributed by atoms with Crippen molar-refractivity contribution >= 4 is 50.1 Å². The minimum atomic E-state index is -3.85. The summed E-state index contributed by atoms with van der Waals surface area (Å²) in [6.45, 7) is 9.31. The molecule has 1 saturated heterocycles. The number of likely N-dealkylation sites (tertiary alicyclic amines) is 1. The minimum absolute atomic E-state index is 0.0409. The summed E-state index contributed by atoms with van der Waals surface area (Å²) in [5.74, 6) is -2.05. The monoisotopic (exact) mass is 666 g/mol. The van der Waals surface area contributed by atoms with Crippen molar-refractivity contribution in [2.45, 2.75) is 75.4 Å². The van der Waals surface area contributed by atoms with Crippen molar-refractivity contribution in [3.05, 3.63) is 54.4 Å². The van der Waals surface area contributed by atoms with Crippen LogP contribution >= 0.6 is 11.3 Å². The summed E-state index contributed by atoms with van der Waals surface area (Å²) in [6.07, 6.45) is 2.11. The molecule has 2 aromatic heterocycles. The average molecular weight is 667 g/mol. The third-order valence-corrected chi connectivity index (χ3v) is 11.6. The van der Waals surface area contributed by atoms with Gasteiger partial charge in [-0.25, -0.2) is 18.4 Å². The zero-order valence-electron chi connectivity index (χ0n) is 25.9. The Hall–Kier alpha value is -3.88.